The van der Waals surface area contributed by atoms with Gasteiger partial charge in [-0.2, -0.15) is 0 Å². The molecule has 0 aliphatic rings. The van der Waals surface area contributed by atoms with E-state index < -0.39 is 5.97 Å². The van der Waals surface area contributed by atoms with Gasteiger partial charge >= 0.3 is 5.97 Å². The lowest BCUT2D eigenvalue weighted by atomic mass is 10.1. The largest absolute Gasteiger partial charge is 0.497 e. The van der Waals surface area contributed by atoms with Crippen molar-refractivity contribution >= 4 is 11.9 Å². The second kappa shape index (κ2) is 11.9. The summed E-state index contributed by atoms with van der Waals surface area (Å²) in [6.45, 7) is 3.05. The van der Waals surface area contributed by atoms with Crippen molar-refractivity contribution in [2.24, 2.45) is 0 Å². The molecule has 178 valence electrons. The van der Waals surface area contributed by atoms with E-state index in [1.165, 1.54) is 11.1 Å². The quantitative estimate of drug-likeness (QED) is 0.439. The molecule has 0 heterocycles. The summed E-state index contributed by atoms with van der Waals surface area (Å²) in [6.07, 6.45) is 1.65. The summed E-state index contributed by atoms with van der Waals surface area (Å²) in [5.74, 6) is 0.129. The highest BCUT2D eigenvalue weighted by Gasteiger charge is 2.18. The minimum atomic E-state index is -0.868. The molecule has 0 aliphatic heterocycles. The van der Waals surface area contributed by atoms with Crippen LogP contribution in [0.15, 0.2) is 66.7 Å². The molecule has 3 rings (SSSR count). The molecule has 0 spiro atoms. The monoisotopic (exact) mass is 461 g/mol. The molecule has 3 aromatic rings. The Morgan fingerprint density at radius 2 is 1.38 bits per heavy atom. The van der Waals surface area contributed by atoms with Crippen LogP contribution in [0.25, 0.3) is 0 Å². The van der Waals surface area contributed by atoms with Crippen molar-refractivity contribution in [3.8, 4) is 11.5 Å². The van der Waals surface area contributed by atoms with E-state index in [4.69, 9.17) is 14.6 Å². The van der Waals surface area contributed by atoms with Crippen LogP contribution in [-0.4, -0.2) is 42.6 Å². The topological polar surface area (TPSA) is 76.1 Å². The van der Waals surface area contributed by atoms with Gasteiger partial charge in [-0.3, -0.25) is 9.59 Å². The van der Waals surface area contributed by atoms with E-state index in [1.807, 2.05) is 17.0 Å². The van der Waals surface area contributed by atoms with Gasteiger partial charge in [-0.15, -0.1) is 0 Å². The van der Waals surface area contributed by atoms with Crippen molar-refractivity contribution in [2.75, 3.05) is 20.8 Å². The second-order valence-corrected chi connectivity index (χ2v) is 8.30. The first-order valence-electron chi connectivity index (χ1n) is 11.3. The van der Waals surface area contributed by atoms with E-state index in [1.54, 1.807) is 44.6 Å². The third-order valence-corrected chi connectivity index (χ3v) is 5.65. The van der Waals surface area contributed by atoms with E-state index in [0.29, 0.717) is 30.2 Å². The highest BCUT2D eigenvalue weighted by molar-refractivity contribution is 5.95. The number of aliphatic carboxylic acids is 1. The van der Waals surface area contributed by atoms with E-state index in [2.05, 4.69) is 31.2 Å². The molecule has 6 nitrogen and oxygen atoms in total. The van der Waals surface area contributed by atoms with Crippen LogP contribution in [0.3, 0.4) is 0 Å². The van der Waals surface area contributed by atoms with Crippen LogP contribution in [0.4, 0.5) is 0 Å². The minimum Gasteiger partial charge on any atom is -0.497 e. The molecule has 0 radical (unpaired) electrons. The van der Waals surface area contributed by atoms with Gasteiger partial charge < -0.3 is 19.5 Å². The summed E-state index contributed by atoms with van der Waals surface area (Å²) in [5, 5.41) is 9.00. The Bertz CT molecular complexity index is 1080. The first-order valence-corrected chi connectivity index (χ1v) is 11.3. The lowest BCUT2D eigenvalue weighted by Gasteiger charge is -2.24. The van der Waals surface area contributed by atoms with Gasteiger partial charge in [-0.25, -0.2) is 0 Å². The van der Waals surface area contributed by atoms with Crippen molar-refractivity contribution < 1.29 is 24.2 Å². The van der Waals surface area contributed by atoms with E-state index >= 15 is 0 Å². The molecule has 1 N–H and O–H groups in total. The number of nitrogens with zero attached hydrogens (tertiary/aromatic N) is 1. The third-order valence-electron chi connectivity index (χ3n) is 5.65. The number of carbonyl (C=O) groups is 2. The molecule has 0 aliphatic carbocycles. The first-order chi connectivity index (χ1) is 16.4. The summed E-state index contributed by atoms with van der Waals surface area (Å²) in [5.41, 5.74) is 4.62. The fourth-order valence-corrected chi connectivity index (χ4v) is 3.75. The number of amides is 1. The van der Waals surface area contributed by atoms with Crippen LogP contribution in [0.5, 0.6) is 11.5 Å². The Morgan fingerprint density at radius 3 is 1.94 bits per heavy atom. The average Bonchev–Trinajstić information content (AvgIpc) is 2.84. The molecule has 3 aromatic carbocycles. The molecular formula is C28H31NO5. The van der Waals surface area contributed by atoms with Gasteiger partial charge in [0.25, 0.3) is 5.91 Å². The van der Waals surface area contributed by atoms with Crippen molar-refractivity contribution in [3.63, 3.8) is 0 Å². The number of rotatable bonds is 11. The van der Waals surface area contributed by atoms with Gasteiger partial charge in [0.15, 0.2) is 0 Å². The number of carboxylic acids is 1. The van der Waals surface area contributed by atoms with Crippen molar-refractivity contribution in [1.82, 2.24) is 4.90 Å². The Balaban J connectivity index is 1.79. The number of carbonyl (C=O) groups excluding carboxylic acids is 1. The maximum absolute atomic E-state index is 13.5. The molecule has 34 heavy (non-hydrogen) atoms. The van der Waals surface area contributed by atoms with Crippen LogP contribution >= 0.6 is 0 Å². The molecule has 6 heteroatoms. The SMILES string of the molecule is COc1cc(OC)cc(C(=O)N(CCCc2ccc(C)cc2)Cc2ccc(CC(=O)O)cc2)c1. The molecule has 0 atom stereocenters. The van der Waals surface area contributed by atoms with Gasteiger partial charge in [-0.1, -0.05) is 54.1 Å². The normalized spacial score (nSPS) is 10.6. The lowest BCUT2D eigenvalue weighted by molar-refractivity contribution is -0.136. The summed E-state index contributed by atoms with van der Waals surface area (Å²) < 4.78 is 10.7. The summed E-state index contributed by atoms with van der Waals surface area (Å²) in [7, 11) is 3.11. The summed E-state index contributed by atoms with van der Waals surface area (Å²) in [4.78, 5) is 26.3. The zero-order chi connectivity index (χ0) is 24.5. The van der Waals surface area contributed by atoms with Crippen molar-refractivity contribution in [3.05, 3.63) is 94.5 Å². The molecule has 0 saturated heterocycles. The fraction of sp³-hybridized carbons (Fsp3) is 0.286. The maximum atomic E-state index is 13.5. The molecule has 0 saturated carbocycles. The third kappa shape index (κ3) is 7.10. The summed E-state index contributed by atoms with van der Waals surface area (Å²) >= 11 is 0. The maximum Gasteiger partial charge on any atom is 0.307 e. The average molecular weight is 462 g/mol. The molecular weight excluding hydrogens is 430 g/mol. The lowest BCUT2D eigenvalue weighted by Crippen LogP contribution is -2.32. The fourth-order valence-electron chi connectivity index (χ4n) is 3.75. The number of hydrogen-bond donors (Lipinski definition) is 1. The Labute approximate surface area is 200 Å². The van der Waals surface area contributed by atoms with Crippen LogP contribution in [0, 0.1) is 6.92 Å². The van der Waals surface area contributed by atoms with Gasteiger partial charge in [0.05, 0.1) is 20.6 Å². The van der Waals surface area contributed by atoms with Gasteiger partial charge in [0.2, 0.25) is 0 Å². The number of methoxy groups -OCH3 is 2. The zero-order valence-corrected chi connectivity index (χ0v) is 19.9. The van der Waals surface area contributed by atoms with E-state index in [-0.39, 0.29) is 12.3 Å². The van der Waals surface area contributed by atoms with Gasteiger partial charge in [-0.05, 0) is 48.6 Å². The molecule has 0 unspecified atom stereocenters. The van der Waals surface area contributed by atoms with Crippen molar-refractivity contribution in [2.45, 2.75) is 32.7 Å². The predicted octanol–water partition coefficient (Wildman–Crippen LogP) is 4.91. The predicted molar refractivity (Wildman–Crippen MR) is 132 cm³/mol. The summed E-state index contributed by atoms with van der Waals surface area (Å²) in [6, 6.07) is 21.0. The number of benzene rings is 3. The zero-order valence-electron chi connectivity index (χ0n) is 19.9. The Kier molecular flexibility index (Phi) is 8.68. The highest BCUT2D eigenvalue weighted by Crippen LogP contribution is 2.24. The molecule has 0 fully saturated rings. The molecule has 0 aromatic heterocycles. The van der Waals surface area contributed by atoms with Crippen LogP contribution < -0.4 is 9.47 Å². The van der Waals surface area contributed by atoms with Crippen LogP contribution in [0.2, 0.25) is 0 Å². The number of aryl methyl sites for hydroxylation is 2. The van der Waals surface area contributed by atoms with Crippen LogP contribution in [-0.2, 0) is 24.2 Å². The van der Waals surface area contributed by atoms with E-state index in [0.717, 1.165) is 24.0 Å². The Morgan fingerprint density at radius 1 is 0.824 bits per heavy atom. The number of carboxylic acid groups (broad SMARTS) is 1. The molecule has 0 bridgehead atoms. The standard InChI is InChI=1S/C28H31NO5/c1-20-6-8-21(9-7-20)5-4-14-29(19-23-12-10-22(11-13-23)15-27(30)31)28(32)24-16-25(33-2)18-26(17-24)34-3/h6-13,16-18H,4-5,14-15,19H2,1-3H3,(H,30,31). The van der Waals surface area contributed by atoms with Crippen LogP contribution in [0.1, 0.15) is 39.0 Å². The van der Waals surface area contributed by atoms with E-state index in [9.17, 15) is 9.59 Å². The minimum absolute atomic E-state index is 0.0247. The molecule has 1 amide bonds. The number of ether oxygens (including phenoxy) is 2. The van der Waals surface area contributed by atoms with Gasteiger partial charge in [0.1, 0.15) is 11.5 Å². The highest BCUT2D eigenvalue weighted by atomic mass is 16.5. The smallest absolute Gasteiger partial charge is 0.307 e. The first kappa shape index (κ1) is 24.8. The second-order valence-electron chi connectivity index (χ2n) is 8.30. The Hall–Kier alpha value is -3.80. The van der Waals surface area contributed by atoms with Gasteiger partial charge in [0, 0.05) is 24.7 Å². The number of hydrogen-bond acceptors (Lipinski definition) is 4. The van der Waals surface area contributed by atoms with Crippen molar-refractivity contribution in [1.29, 1.82) is 0 Å².